The SMILES string of the molecule is CC(=O)N1CCCN(S(=O)(=O)c2ccc(F)cc2F)CCNC(=O)C2CCCC21. The maximum atomic E-state index is 14.1. The molecule has 10 heteroatoms. The molecule has 2 fully saturated rings. The minimum atomic E-state index is -4.23. The molecule has 7 nitrogen and oxygen atoms in total. The van der Waals surface area contributed by atoms with Crippen molar-refractivity contribution < 1.29 is 26.8 Å². The number of hydrogen-bond acceptors (Lipinski definition) is 4. The van der Waals surface area contributed by atoms with Crippen molar-refractivity contribution in [3.63, 3.8) is 0 Å². The van der Waals surface area contributed by atoms with Crippen molar-refractivity contribution in [3.05, 3.63) is 29.8 Å². The van der Waals surface area contributed by atoms with E-state index in [1.165, 1.54) is 6.92 Å². The molecule has 0 spiro atoms. The third-order valence-corrected chi connectivity index (χ3v) is 7.53. The maximum absolute atomic E-state index is 14.1. The molecule has 1 aliphatic carbocycles. The zero-order valence-electron chi connectivity index (χ0n) is 16.2. The molecule has 2 aliphatic rings. The van der Waals surface area contributed by atoms with Crippen LogP contribution in [-0.4, -0.2) is 61.7 Å². The van der Waals surface area contributed by atoms with Crippen LogP contribution in [0, 0.1) is 17.6 Å². The van der Waals surface area contributed by atoms with E-state index in [0.717, 1.165) is 29.3 Å². The molecule has 2 unspecified atom stereocenters. The van der Waals surface area contributed by atoms with Gasteiger partial charge in [-0.2, -0.15) is 4.31 Å². The average molecular weight is 429 g/mol. The van der Waals surface area contributed by atoms with Gasteiger partial charge in [0.15, 0.2) is 0 Å². The first-order valence-corrected chi connectivity index (χ1v) is 11.2. The van der Waals surface area contributed by atoms with Crippen LogP contribution in [0.4, 0.5) is 8.78 Å². The van der Waals surface area contributed by atoms with E-state index in [1.807, 2.05) is 0 Å². The summed E-state index contributed by atoms with van der Waals surface area (Å²) >= 11 is 0. The van der Waals surface area contributed by atoms with Crippen LogP contribution < -0.4 is 5.32 Å². The first kappa shape index (κ1) is 21.6. The largest absolute Gasteiger partial charge is 0.354 e. The summed E-state index contributed by atoms with van der Waals surface area (Å²) in [5.74, 6) is -2.70. The van der Waals surface area contributed by atoms with Gasteiger partial charge < -0.3 is 10.2 Å². The number of hydrogen-bond donors (Lipinski definition) is 1. The number of amides is 2. The van der Waals surface area contributed by atoms with Gasteiger partial charge in [0.25, 0.3) is 0 Å². The summed E-state index contributed by atoms with van der Waals surface area (Å²) in [6.45, 7) is 1.83. The fraction of sp³-hybridized carbons (Fsp3) is 0.579. The highest BCUT2D eigenvalue weighted by atomic mass is 32.2. The number of carbonyl (C=O) groups is 2. The Morgan fingerprint density at radius 1 is 1.14 bits per heavy atom. The molecule has 1 saturated heterocycles. The van der Waals surface area contributed by atoms with Crippen LogP contribution in [-0.2, 0) is 19.6 Å². The maximum Gasteiger partial charge on any atom is 0.246 e. The number of benzene rings is 1. The molecule has 0 bridgehead atoms. The van der Waals surface area contributed by atoms with Gasteiger partial charge in [0.1, 0.15) is 16.5 Å². The fourth-order valence-corrected chi connectivity index (χ4v) is 5.73. The molecular weight excluding hydrogens is 404 g/mol. The van der Waals surface area contributed by atoms with Gasteiger partial charge >= 0.3 is 0 Å². The first-order valence-electron chi connectivity index (χ1n) is 9.72. The van der Waals surface area contributed by atoms with Crippen LogP contribution in [0.1, 0.15) is 32.6 Å². The Morgan fingerprint density at radius 3 is 2.59 bits per heavy atom. The van der Waals surface area contributed by atoms with Crippen LogP contribution in [0.5, 0.6) is 0 Å². The fourth-order valence-electron chi connectivity index (χ4n) is 4.20. The molecule has 2 atom stereocenters. The zero-order chi connectivity index (χ0) is 21.2. The van der Waals surface area contributed by atoms with Crippen LogP contribution in [0.3, 0.4) is 0 Å². The first-order chi connectivity index (χ1) is 13.7. The molecule has 3 rings (SSSR count). The Morgan fingerprint density at radius 2 is 1.90 bits per heavy atom. The van der Waals surface area contributed by atoms with Crippen molar-refractivity contribution >= 4 is 21.8 Å². The highest BCUT2D eigenvalue weighted by molar-refractivity contribution is 7.89. The second kappa shape index (κ2) is 8.74. The molecule has 0 radical (unpaired) electrons. The molecule has 160 valence electrons. The molecule has 29 heavy (non-hydrogen) atoms. The van der Waals surface area contributed by atoms with Gasteiger partial charge in [0, 0.05) is 45.2 Å². The Labute approximate surface area is 169 Å². The van der Waals surface area contributed by atoms with Gasteiger partial charge in [0.2, 0.25) is 21.8 Å². The molecule has 1 aromatic rings. The predicted octanol–water partition coefficient (Wildman–Crippen LogP) is 1.49. The van der Waals surface area contributed by atoms with Crippen molar-refractivity contribution in [2.75, 3.05) is 26.2 Å². The highest BCUT2D eigenvalue weighted by Gasteiger charge is 2.38. The highest BCUT2D eigenvalue weighted by Crippen LogP contribution is 2.31. The molecule has 1 heterocycles. The van der Waals surface area contributed by atoms with Crippen molar-refractivity contribution in [1.29, 1.82) is 0 Å². The Balaban J connectivity index is 1.85. The molecule has 0 aromatic heterocycles. The number of carbonyl (C=O) groups excluding carboxylic acids is 2. The normalized spacial score (nSPS) is 24.5. The molecular formula is C19H25F2N3O4S. The standard InChI is InChI=1S/C19H25F2N3O4S/c1-13(25)24-10-3-9-23(11-8-22-19(26)15-4-2-5-17(15)24)29(27,28)18-7-6-14(20)12-16(18)21/h6-7,12,15,17H,2-5,8-11H2,1H3,(H,22,26). The summed E-state index contributed by atoms with van der Waals surface area (Å²) in [7, 11) is -4.23. The summed E-state index contributed by atoms with van der Waals surface area (Å²) in [5.41, 5.74) is 0. The Bertz CT molecular complexity index is 893. The zero-order valence-corrected chi connectivity index (χ0v) is 17.1. The number of nitrogens with one attached hydrogen (secondary N) is 1. The quantitative estimate of drug-likeness (QED) is 0.772. The predicted molar refractivity (Wildman–Crippen MR) is 101 cm³/mol. The molecule has 1 saturated carbocycles. The molecule has 1 N–H and O–H groups in total. The average Bonchev–Trinajstić information content (AvgIpc) is 3.10. The van der Waals surface area contributed by atoms with Crippen molar-refractivity contribution in [1.82, 2.24) is 14.5 Å². The molecule has 1 aromatic carbocycles. The van der Waals surface area contributed by atoms with Gasteiger partial charge in [-0.15, -0.1) is 0 Å². The van der Waals surface area contributed by atoms with Gasteiger partial charge in [0.05, 0.1) is 5.92 Å². The topological polar surface area (TPSA) is 86.8 Å². The third kappa shape index (κ3) is 4.58. The van der Waals surface area contributed by atoms with Gasteiger partial charge in [-0.25, -0.2) is 17.2 Å². The monoisotopic (exact) mass is 429 g/mol. The van der Waals surface area contributed by atoms with Crippen LogP contribution in [0.2, 0.25) is 0 Å². The van der Waals surface area contributed by atoms with Crippen molar-refractivity contribution in [2.24, 2.45) is 5.92 Å². The molecule has 1 aliphatic heterocycles. The summed E-state index contributed by atoms with van der Waals surface area (Å²) in [4.78, 5) is 25.8. The third-order valence-electron chi connectivity index (χ3n) is 5.60. The smallest absolute Gasteiger partial charge is 0.246 e. The van der Waals surface area contributed by atoms with Crippen LogP contribution in [0.15, 0.2) is 23.1 Å². The van der Waals surface area contributed by atoms with Crippen LogP contribution >= 0.6 is 0 Å². The van der Waals surface area contributed by atoms with E-state index in [2.05, 4.69) is 5.32 Å². The number of sulfonamides is 1. The summed E-state index contributed by atoms with van der Waals surface area (Å²) in [6, 6.07) is 2.13. The second-order valence-electron chi connectivity index (χ2n) is 7.44. The summed E-state index contributed by atoms with van der Waals surface area (Å²) < 4.78 is 54.2. The van der Waals surface area contributed by atoms with E-state index in [0.29, 0.717) is 25.5 Å². The van der Waals surface area contributed by atoms with Crippen molar-refractivity contribution in [3.8, 4) is 0 Å². The van der Waals surface area contributed by atoms with E-state index in [9.17, 15) is 26.8 Å². The molecule has 2 amide bonds. The second-order valence-corrected chi connectivity index (χ2v) is 9.35. The summed E-state index contributed by atoms with van der Waals surface area (Å²) in [6.07, 6.45) is 2.62. The minimum Gasteiger partial charge on any atom is -0.354 e. The number of halogens is 2. The lowest BCUT2D eigenvalue weighted by Gasteiger charge is -2.31. The van der Waals surface area contributed by atoms with E-state index in [1.54, 1.807) is 4.90 Å². The van der Waals surface area contributed by atoms with E-state index < -0.39 is 26.6 Å². The van der Waals surface area contributed by atoms with Crippen molar-refractivity contribution in [2.45, 2.75) is 43.5 Å². The lowest BCUT2D eigenvalue weighted by Crippen LogP contribution is -2.46. The lowest BCUT2D eigenvalue weighted by atomic mass is 10.0. The number of fused-ring (bicyclic) bond motifs is 1. The lowest BCUT2D eigenvalue weighted by molar-refractivity contribution is -0.134. The number of rotatable bonds is 2. The minimum absolute atomic E-state index is 0.0393. The van der Waals surface area contributed by atoms with Gasteiger partial charge in [-0.3, -0.25) is 9.59 Å². The number of nitrogens with zero attached hydrogens (tertiary/aromatic N) is 2. The van der Waals surface area contributed by atoms with E-state index in [4.69, 9.17) is 0 Å². The Hall–Kier alpha value is -2.07. The van der Waals surface area contributed by atoms with E-state index >= 15 is 0 Å². The van der Waals surface area contributed by atoms with E-state index in [-0.39, 0.29) is 43.4 Å². The van der Waals surface area contributed by atoms with Gasteiger partial charge in [-0.05, 0) is 31.4 Å². The van der Waals surface area contributed by atoms with Crippen LogP contribution in [0.25, 0.3) is 0 Å². The summed E-state index contributed by atoms with van der Waals surface area (Å²) in [5, 5.41) is 2.75. The Kier molecular flexibility index (Phi) is 6.52. The van der Waals surface area contributed by atoms with Gasteiger partial charge in [-0.1, -0.05) is 6.42 Å².